The molecule has 0 aliphatic heterocycles. The molecule has 1 aliphatic carbocycles. The van der Waals surface area contributed by atoms with Crippen molar-refractivity contribution in [2.45, 2.75) is 51.4 Å². The fraction of sp³-hybridized carbons (Fsp3) is 0.611. The van der Waals surface area contributed by atoms with Crippen LogP contribution in [0.5, 0.6) is 0 Å². The standard InChI is InChI=1S/C18H28N2O/c1-20(2)18(21)19-17-13-7-12-16(14-17)11-6-5-10-15-8-3-4-9-15/h7,12-15H,3-6,8-11H2,1-2H3,(H,19,21). The molecule has 1 aliphatic rings. The van der Waals surface area contributed by atoms with Crippen molar-refractivity contribution in [2.75, 3.05) is 19.4 Å². The Morgan fingerprint density at radius 3 is 2.71 bits per heavy atom. The summed E-state index contributed by atoms with van der Waals surface area (Å²) in [6.45, 7) is 0. The lowest BCUT2D eigenvalue weighted by molar-refractivity contribution is 0.230. The number of hydrogen-bond donors (Lipinski definition) is 1. The molecule has 2 rings (SSSR count). The number of urea groups is 1. The first-order valence-electron chi connectivity index (χ1n) is 8.22. The molecule has 3 nitrogen and oxygen atoms in total. The number of aryl methyl sites for hydroxylation is 1. The smallest absolute Gasteiger partial charge is 0.321 e. The molecule has 1 aromatic carbocycles. The van der Waals surface area contributed by atoms with Gasteiger partial charge in [-0.15, -0.1) is 0 Å². The zero-order valence-corrected chi connectivity index (χ0v) is 13.4. The van der Waals surface area contributed by atoms with Gasteiger partial charge in [0.25, 0.3) is 0 Å². The maximum atomic E-state index is 11.6. The largest absolute Gasteiger partial charge is 0.331 e. The van der Waals surface area contributed by atoms with Crippen LogP contribution >= 0.6 is 0 Å². The van der Waals surface area contributed by atoms with Crippen LogP contribution in [0, 0.1) is 5.92 Å². The van der Waals surface area contributed by atoms with E-state index in [0.29, 0.717) is 0 Å². The second-order valence-electron chi connectivity index (χ2n) is 6.42. The van der Waals surface area contributed by atoms with Crippen molar-refractivity contribution in [3.63, 3.8) is 0 Å². The average molecular weight is 288 g/mol. The lowest BCUT2D eigenvalue weighted by Crippen LogP contribution is -2.27. The van der Waals surface area contributed by atoms with Gasteiger partial charge in [0.2, 0.25) is 0 Å². The molecular formula is C18H28N2O. The molecular weight excluding hydrogens is 260 g/mol. The Bertz CT molecular complexity index is 450. The Kier molecular flexibility index (Phi) is 6.09. The number of carbonyl (C=O) groups is 1. The van der Waals surface area contributed by atoms with Gasteiger partial charge in [0.1, 0.15) is 0 Å². The van der Waals surface area contributed by atoms with E-state index in [9.17, 15) is 4.79 Å². The van der Waals surface area contributed by atoms with Gasteiger partial charge in [0, 0.05) is 19.8 Å². The highest BCUT2D eigenvalue weighted by Crippen LogP contribution is 2.29. The Hall–Kier alpha value is -1.51. The maximum Gasteiger partial charge on any atom is 0.321 e. The highest BCUT2D eigenvalue weighted by Gasteiger charge is 2.13. The fourth-order valence-corrected chi connectivity index (χ4v) is 3.10. The normalized spacial score (nSPS) is 15.1. The molecule has 0 aromatic heterocycles. The van der Waals surface area contributed by atoms with E-state index >= 15 is 0 Å². The number of carbonyl (C=O) groups excluding carboxylic acids is 1. The van der Waals surface area contributed by atoms with Gasteiger partial charge >= 0.3 is 6.03 Å². The summed E-state index contributed by atoms with van der Waals surface area (Å²) in [5.41, 5.74) is 2.21. The van der Waals surface area contributed by atoms with Crippen molar-refractivity contribution in [1.82, 2.24) is 4.90 Å². The Balaban J connectivity index is 1.73. The molecule has 0 atom stereocenters. The first kappa shape index (κ1) is 15.9. The third-order valence-corrected chi connectivity index (χ3v) is 4.39. The number of anilines is 1. The van der Waals surface area contributed by atoms with Crippen LogP contribution in [0.2, 0.25) is 0 Å². The van der Waals surface area contributed by atoms with Crippen LogP contribution in [0.4, 0.5) is 10.5 Å². The molecule has 0 unspecified atom stereocenters. The van der Waals surface area contributed by atoms with Gasteiger partial charge in [-0.1, -0.05) is 50.7 Å². The van der Waals surface area contributed by atoms with Crippen LogP contribution in [0.1, 0.15) is 50.5 Å². The number of hydrogen-bond acceptors (Lipinski definition) is 1. The molecule has 3 heteroatoms. The zero-order valence-electron chi connectivity index (χ0n) is 13.4. The Morgan fingerprint density at radius 1 is 1.24 bits per heavy atom. The van der Waals surface area contributed by atoms with E-state index in [1.165, 1.54) is 50.5 Å². The fourth-order valence-electron chi connectivity index (χ4n) is 3.10. The SMILES string of the molecule is CN(C)C(=O)Nc1cccc(CCCCC2CCCC2)c1. The maximum absolute atomic E-state index is 11.6. The van der Waals surface area contributed by atoms with Crippen molar-refractivity contribution >= 4 is 11.7 Å². The summed E-state index contributed by atoms with van der Waals surface area (Å²) in [4.78, 5) is 13.2. The molecule has 116 valence electrons. The molecule has 1 saturated carbocycles. The summed E-state index contributed by atoms with van der Waals surface area (Å²) in [6, 6.07) is 8.15. The molecule has 0 saturated heterocycles. The molecule has 0 heterocycles. The summed E-state index contributed by atoms with van der Waals surface area (Å²) in [5.74, 6) is 0.996. The molecule has 21 heavy (non-hydrogen) atoms. The van der Waals surface area contributed by atoms with Crippen LogP contribution in [-0.2, 0) is 6.42 Å². The highest BCUT2D eigenvalue weighted by molar-refractivity contribution is 5.88. The van der Waals surface area contributed by atoms with Crippen molar-refractivity contribution in [3.05, 3.63) is 29.8 Å². The predicted octanol–water partition coefficient (Wildman–Crippen LogP) is 4.68. The zero-order chi connectivity index (χ0) is 15.1. The van der Waals surface area contributed by atoms with E-state index in [-0.39, 0.29) is 6.03 Å². The number of benzene rings is 1. The van der Waals surface area contributed by atoms with Gasteiger partial charge in [0.05, 0.1) is 0 Å². The number of unbranched alkanes of at least 4 members (excludes halogenated alkanes) is 1. The lowest BCUT2D eigenvalue weighted by atomic mass is 9.98. The number of amides is 2. The highest BCUT2D eigenvalue weighted by atomic mass is 16.2. The second-order valence-corrected chi connectivity index (χ2v) is 6.42. The molecule has 1 fully saturated rings. The summed E-state index contributed by atoms with van der Waals surface area (Å²) >= 11 is 0. The van der Waals surface area contributed by atoms with E-state index in [2.05, 4.69) is 17.4 Å². The van der Waals surface area contributed by atoms with Crippen molar-refractivity contribution in [2.24, 2.45) is 5.92 Å². The van der Waals surface area contributed by atoms with Gasteiger partial charge in [0.15, 0.2) is 0 Å². The first-order valence-corrected chi connectivity index (χ1v) is 8.22. The van der Waals surface area contributed by atoms with E-state index < -0.39 is 0 Å². The van der Waals surface area contributed by atoms with E-state index in [1.54, 1.807) is 19.0 Å². The van der Waals surface area contributed by atoms with E-state index in [4.69, 9.17) is 0 Å². The van der Waals surface area contributed by atoms with Crippen LogP contribution in [0.3, 0.4) is 0 Å². The minimum atomic E-state index is -0.0756. The summed E-state index contributed by atoms with van der Waals surface area (Å²) in [5, 5.41) is 2.90. The van der Waals surface area contributed by atoms with Gasteiger partial charge in [-0.05, 0) is 36.5 Å². The van der Waals surface area contributed by atoms with Gasteiger partial charge in [-0.3, -0.25) is 0 Å². The van der Waals surface area contributed by atoms with Gasteiger partial charge in [-0.25, -0.2) is 4.79 Å². The second kappa shape index (κ2) is 8.06. The first-order chi connectivity index (χ1) is 10.1. The topological polar surface area (TPSA) is 32.3 Å². The van der Waals surface area contributed by atoms with Gasteiger partial charge in [-0.2, -0.15) is 0 Å². The van der Waals surface area contributed by atoms with Crippen LogP contribution < -0.4 is 5.32 Å². The number of rotatable bonds is 6. The minimum absolute atomic E-state index is 0.0756. The van der Waals surface area contributed by atoms with Crippen molar-refractivity contribution in [3.8, 4) is 0 Å². The molecule has 2 amide bonds. The quantitative estimate of drug-likeness (QED) is 0.757. The molecule has 1 N–H and O–H groups in total. The number of nitrogens with zero attached hydrogens (tertiary/aromatic N) is 1. The summed E-state index contributed by atoms with van der Waals surface area (Å²) < 4.78 is 0. The van der Waals surface area contributed by atoms with E-state index in [0.717, 1.165) is 18.0 Å². The average Bonchev–Trinajstić information content (AvgIpc) is 2.97. The van der Waals surface area contributed by atoms with Gasteiger partial charge < -0.3 is 10.2 Å². The van der Waals surface area contributed by atoms with Crippen molar-refractivity contribution in [1.29, 1.82) is 0 Å². The Morgan fingerprint density at radius 2 is 2.00 bits per heavy atom. The minimum Gasteiger partial charge on any atom is -0.331 e. The van der Waals surface area contributed by atoms with Crippen LogP contribution in [0.15, 0.2) is 24.3 Å². The Labute approximate surface area is 128 Å². The molecule has 0 spiro atoms. The van der Waals surface area contributed by atoms with Crippen LogP contribution in [-0.4, -0.2) is 25.0 Å². The molecule has 0 radical (unpaired) electrons. The number of nitrogens with one attached hydrogen (secondary N) is 1. The van der Waals surface area contributed by atoms with Crippen LogP contribution in [0.25, 0.3) is 0 Å². The summed E-state index contributed by atoms with van der Waals surface area (Å²) in [7, 11) is 3.50. The molecule has 0 bridgehead atoms. The van der Waals surface area contributed by atoms with Crippen molar-refractivity contribution < 1.29 is 4.79 Å². The monoisotopic (exact) mass is 288 g/mol. The van der Waals surface area contributed by atoms with E-state index in [1.807, 2.05) is 12.1 Å². The predicted molar refractivity (Wildman–Crippen MR) is 88.7 cm³/mol. The lowest BCUT2D eigenvalue weighted by Gasteiger charge is -2.13. The third-order valence-electron chi connectivity index (χ3n) is 4.39. The molecule has 1 aromatic rings. The summed E-state index contributed by atoms with van der Waals surface area (Å²) in [6.07, 6.45) is 10.9. The third kappa shape index (κ3) is 5.41.